The van der Waals surface area contributed by atoms with Crippen LogP contribution in [0.4, 0.5) is 11.4 Å². The van der Waals surface area contributed by atoms with E-state index in [1.165, 1.54) is 24.3 Å². The molecule has 1 aromatic rings. The average molecular weight is 354 g/mol. The highest BCUT2D eigenvalue weighted by molar-refractivity contribution is 8.00. The van der Waals surface area contributed by atoms with Crippen LogP contribution in [0.25, 0.3) is 0 Å². The lowest BCUT2D eigenvalue weighted by Crippen LogP contribution is -2.22. The Kier molecular flexibility index (Phi) is 8.41. The van der Waals surface area contributed by atoms with E-state index in [1.54, 1.807) is 6.92 Å². The van der Waals surface area contributed by atoms with Crippen LogP contribution in [0.15, 0.2) is 34.5 Å². The van der Waals surface area contributed by atoms with Gasteiger partial charge in [0, 0.05) is 18.1 Å². The number of carbonyl (C=O) groups excluding carboxylic acids is 2. The van der Waals surface area contributed by atoms with Crippen molar-refractivity contribution in [3.05, 3.63) is 34.4 Å². The van der Waals surface area contributed by atoms with Gasteiger partial charge in [-0.3, -0.25) is 10.1 Å². The standard InChI is InChI=1S/C14H17N3O6S/c1-2-23-14(20)13(24-9-3-4-12(18)19)16-15-10-5-7-11(8-6-10)17(21)22/h5-8,13H,2-4,9H2,1H3,(H,18,19)/p-1/t13-/m0/s1. The first-order valence-electron chi connectivity index (χ1n) is 7.07. The van der Waals surface area contributed by atoms with Gasteiger partial charge in [0.05, 0.1) is 17.2 Å². The Morgan fingerprint density at radius 1 is 1.33 bits per heavy atom. The van der Waals surface area contributed by atoms with Gasteiger partial charge >= 0.3 is 5.97 Å². The molecule has 1 aromatic carbocycles. The number of carboxylic acids is 1. The predicted molar refractivity (Wildman–Crippen MR) is 84.7 cm³/mol. The fourth-order valence-corrected chi connectivity index (χ4v) is 2.39. The molecule has 9 nitrogen and oxygen atoms in total. The van der Waals surface area contributed by atoms with Gasteiger partial charge in [0.15, 0.2) is 0 Å². The molecule has 0 N–H and O–H groups in total. The number of rotatable bonds is 10. The highest BCUT2D eigenvalue weighted by atomic mass is 32.2. The molecule has 130 valence electrons. The Bertz CT molecular complexity index is 605. The van der Waals surface area contributed by atoms with Gasteiger partial charge < -0.3 is 14.6 Å². The summed E-state index contributed by atoms with van der Waals surface area (Å²) >= 11 is 1.10. The monoisotopic (exact) mass is 354 g/mol. The van der Waals surface area contributed by atoms with Gasteiger partial charge in [-0.1, -0.05) is 0 Å². The smallest absolute Gasteiger partial charge is 0.343 e. The molecule has 0 radical (unpaired) electrons. The van der Waals surface area contributed by atoms with Gasteiger partial charge in [0.2, 0.25) is 5.37 Å². The Hall–Kier alpha value is -2.49. The summed E-state index contributed by atoms with van der Waals surface area (Å²) in [6.07, 6.45) is 0.220. The zero-order valence-corrected chi connectivity index (χ0v) is 13.7. The summed E-state index contributed by atoms with van der Waals surface area (Å²) < 4.78 is 4.89. The second-order valence-corrected chi connectivity index (χ2v) is 5.63. The molecule has 10 heteroatoms. The van der Waals surface area contributed by atoms with Gasteiger partial charge in [0.25, 0.3) is 5.69 Å². The fourth-order valence-electron chi connectivity index (χ4n) is 1.53. The van der Waals surface area contributed by atoms with Crippen molar-refractivity contribution in [2.75, 3.05) is 12.4 Å². The molecule has 1 rings (SSSR count). The van der Waals surface area contributed by atoms with Crippen LogP contribution in [0.2, 0.25) is 0 Å². The number of carbonyl (C=O) groups is 2. The van der Waals surface area contributed by atoms with Crippen molar-refractivity contribution in [2.45, 2.75) is 25.1 Å². The number of aliphatic carboxylic acids is 1. The van der Waals surface area contributed by atoms with Gasteiger partial charge in [-0.05, 0) is 37.7 Å². The number of hydrogen-bond donors (Lipinski definition) is 0. The van der Waals surface area contributed by atoms with Crippen molar-refractivity contribution in [3.63, 3.8) is 0 Å². The second-order valence-electron chi connectivity index (χ2n) is 4.44. The summed E-state index contributed by atoms with van der Waals surface area (Å²) in [6.45, 7) is 1.84. The third-order valence-electron chi connectivity index (χ3n) is 2.63. The van der Waals surface area contributed by atoms with E-state index in [1.807, 2.05) is 0 Å². The largest absolute Gasteiger partial charge is 0.550 e. The highest BCUT2D eigenvalue weighted by Crippen LogP contribution is 2.22. The number of nitro groups is 1. The molecule has 0 aliphatic rings. The first-order valence-corrected chi connectivity index (χ1v) is 8.12. The van der Waals surface area contributed by atoms with Crippen molar-refractivity contribution in [1.29, 1.82) is 0 Å². The molecule has 24 heavy (non-hydrogen) atoms. The average Bonchev–Trinajstić information content (AvgIpc) is 2.54. The molecule has 1 atom stereocenters. The quantitative estimate of drug-likeness (QED) is 0.206. The third-order valence-corrected chi connectivity index (χ3v) is 3.75. The van der Waals surface area contributed by atoms with Crippen molar-refractivity contribution < 1.29 is 24.4 Å². The highest BCUT2D eigenvalue weighted by Gasteiger charge is 2.19. The normalized spacial score (nSPS) is 12.0. The molecular weight excluding hydrogens is 338 g/mol. The van der Waals surface area contributed by atoms with Gasteiger partial charge in [0.1, 0.15) is 0 Å². The predicted octanol–water partition coefficient (Wildman–Crippen LogP) is 1.83. The van der Waals surface area contributed by atoms with Gasteiger partial charge in [-0.2, -0.15) is 10.2 Å². The number of azo groups is 1. The lowest BCUT2D eigenvalue weighted by Gasteiger charge is -2.10. The SMILES string of the molecule is CCOC(=O)[C@@H](N=Nc1ccc([N+](=O)[O-])cc1)SCCCC(=O)[O-]. The van der Waals surface area contributed by atoms with Crippen molar-refractivity contribution in [2.24, 2.45) is 10.2 Å². The molecule has 0 aliphatic carbocycles. The fraction of sp³-hybridized carbons (Fsp3) is 0.429. The molecule has 0 unspecified atom stereocenters. The van der Waals surface area contributed by atoms with Crippen LogP contribution in [-0.4, -0.2) is 34.6 Å². The van der Waals surface area contributed by atoms with Crippen LogP contribution in [0.1, 0.15) is 19.8 Å². The van der Waals surface area contributed by atoms with Crippen molar-refractivity contribution in [3.8, 4) is 0 Å². The molecule has 0 spiro atoms. The lowest BCUT2D eigenvalue weighted by molar-refractivity contribution is -0.384. The maximum Gasteiger partial charge on any atom is 0.343 e. The molecule has 0 heterocycles. The van der Waals surface area contributed by atoms with Gasteiger partial charge in [-0.15, -0.1) is 11.8 Å². The number of non-ortho nitro benzene ring substituents is 1. The van der Waals surface area contributed by atoms with E-state index >= 15 is 0 Å². The maximum atomic E-state index is 11.8. The number of ether oxygens (including phenoxy) is 1. The molecular formula is C14H16N3O6S-. The lowest BCUT2D eigenvalue weighted by atomic mass is 10.3. The number of nitro benzene ring substituents is 1. The number of nitrogens with zero attached hydrogens (tertiary/aromatic N) is 3. The second kappa shape index (κ2) is 10.3. The summed E-state index contributed by atoms with van der Waals surface area (Å²) in [6, 6.07) is 5.37. The maximum absolute atomic E-state index is 11.8. The first kappa shape index (κ1) is 19.6. The number of benzene rings is 1. The number of hydrogen-bond acceptors (Lipinski definition) is 9. The van der Waals surface area contributed by atoms with Crippen molar-refractivity contribution in [1.82, 2.24) is 0 Å². The van der Waals surface area contributed by atoms with Crippen LogP contribution in [0.3, 0.4) is 0 Å². The number of esters is 1. The summed E-state index contributed by atoms with van der Waals surface area (Å²) in [5.74, 6) is -1.37. The van der Waals surface area contributed by atoms with Crippen LogP contribution in [-0.2, 0) is 14.3 Å². The zero-order chi connectivity index (χ0) is 17.9. The van der Waals surface area contributed by atoms with Crippen molar-refractivity contribution >= 4 is 35.1 Å². The summed E-state index contributed by atoms with van der Waals surface area (Å²) in [4.78, 5) is 32.2. The van der Waals surface area contributed by atoms with E-state index in [9.17, 15) is 24.8 Å². The number of carboxylic acid groups (broad SMARTS) is 1. The Balaban J connectivity index is 2.69. The molecule has 0 bridgehead atoms. The molecule has 0 saturated heterocycles. The minimum Gasteiger partial charge on any atom is -0.550 e. The van der Waals surface area contributed by atoms with E-state index in [-0.39, 0.29) is 18.7 Å². The van der Waals surface area contributed by atoms with E-state index in [0.29, 0.717) is 17.9 Å². The third kappa shape index (κ3) is 7.18. The molecule has 0 amide bonds. The summed E-state index contributed by atoms with van der Waals surface area (Å²) in [7, 11) is 0. The minimum atomic E-state index is -1.16. The van der Waals surface area contributed by atoms with E-state index in [0.717, 1.165) is 11.8 Å². The van der Waals surface area contributed by atoms with Crippen LogP contribution in [0, 0.1) is 10.1 Å². The molecule has 0 aromatic heterocycles. The minimum absolute atomic E-state index is 0.0763. The van der Waals surface area contributed by atoms with Crippen LogP contribution < -0.4 is 5.11 Å². The van der Waals surface area contributed by atoms with E-state index < -0.39 is 22.2 Å². The van der Waals surface area contributed by atoms with E-state index in [4.69, 9.17) is 4.74 Å². The molecule has 0 aliphatic heterocycles. The zero-order valence-electron chi connectivity index (χ0n) is 12.9. The van der Waals surface area contributed by atoms with Gasteiger partial charge in [-0.25, -0.2) is 4.79 Å². The summed E-state index contributed by atoms with van der Waals surface area (Å²) in [5, 5.41) is 27.8. The topological polar surface area (TPSA) is 134 Å². The summed E-state index contributed by atoms with van der Waals surface area (Å²) in [5.41, 5.74) is 0.276. The Labute approximate surface area is 142 Å². The van der Waals surface area contributed by atoms with Crippen LogP contribution >= 0.6 is 11.8 Å². The molecule has 0 fully saturated rings. The number of thioether (sulfide) groups is 1. The Morgan fingerprint density at radius 3 is 2.54 bits per heavy atom. The Morgan fingerprint density at radius 2 is 2.00 bits per heavy atom. The molecule has 0 saturated carbocycles. The van der Waals surface area contributed by atoms with Crippen LogP contribution in [0.5, 0.6) is 0 Å². The first-order chi connectivity index (χ1) is 11.4. The van der Waals surface area contributed by atoms with E-state index in [2.05, 4.69) is 10.2 Å².